The average molecular weight is 217 g/mol. The van der Waals surface area contributed by atoms with Gasteiger partial charge in [-0.2, -0.15) is 0 Å². The van der Waals surface area contributed by atoms with Crippen molar-refractivity contribution in [3.05, 3.63) is 0 Å². The van der Waals surface area contributed by atoms with Crippen LogP contribution in [0.25, 0.3) is 0 Å². The Hall–Kier alpha value is 1.25. The molecule has 0 spiro atoms. The quantitative estimate of drug-likeness (QED) is 0.492. The summed E-state index contributed by atoms with van der Waals surface area (Å²) in [6, 6.07) is 0. The summed E-state index contributed by atoms with van der Waals surface area (Å²) in [4.78, 5) is 0. The monoisotopic (exact) mass is 216 g/mol. The highest BCUT2D eigenvalue weighted by molar-refractivity contribution is 9.09. The van der Waals surface area contributed by atoms with Gasteiger partial charge < -0.3 is 0 Å². The Balaban J connectivity index is 0.000000810. The van der Waals surface area contributed by atoms with E-state index in [1.165, 1.54) is 43.9 Å². The average Bonchev–Trinajstić information content (AvgIpc) is 1.91. The van der Waals surface area contributed by atoms with Gasteiger partial charge in [-0.1, -0.05) is 48.0 Å². The molecular weight excluding hydrogens is 200 g/mol. The van der Waals surface area contributed by atoms with E-state index in [1.54, 1.807) is 0 Å². The third-order valence-corrected chi connectivity index (χ3v) is 2.70. The molecule has 0 saturated heterocycles. The zero-order chi connectivity index (χ0) is 6.53. The van der Waals surface area contributed by atoms with E-state index in [0.717, 1.165) is 5.92 Å². The molecule has 0 bridgehead atoms. The molecule has 1 aliphatic rings. The molecule has 0 N–H and O–H groups in total. The van der Waals surface area contributed by atoms with Gasteiger partial charge in [-0.15, -0.1) is 0 Å². The molecule has 0 aromatic carbocycles. The fourth-order valence-corrected chi connectivity index (χ4v) is 2.28. The molecule has 0 nitrogen and oxygen atoms in total. The van der Waals surface area contributed by atoms with E-state index in [4.69, 9.17) is 0 Å². The predicted octanol–water partition coefficient (Wildman–Crippen LogP) is 2.44. The Bertz CT molecular complexity index is 66.9. The summed E-state index contributed by atoms with van der Waals surface area (Å²) in [6.07, 6.45) is 8.84. The van der Waals surface area contributed by atoms with E-state index in [2.05, 4.69) is 15.9 Å². The van der Waals surface area contributed by atoms with Crippen LogP contribution in [0.5, 0.6) is 0 Å². The van der Waals surface area contributed by atoms with Crippen LogP contribution in [-0.4, -0.2) is 28.4 Å². The van der Waals surface area contributed by atoms with Crippen LogP contribution < -0.4 is 0 Å². The maximum atomic E-state index is 3.48. The second-order valence-electron chi connectivity index (χ2n) is 2.98. The lowest BCUT2D eigenvalue weighted by Crippen LogP contribution is -2.05. The second-order valence-corrected chi connectivity index (χ2v) is 3.77. The Morgan fingerprint density at radius 3 is 2.20 bits per heavy atom. The largest absolute Gasteiger partial charge is 0.316 e. The Morgan fingerprint density at radius 2 is 1.70 bits per heavy atom. The molecular formula is C8H17BrMg. The Labute approximate surface area is 88.4 Å². The van der Waals surface area contributed by atoms with E-state index in [0.29, 0.717) is 0 Å². The lowest BCUT2D eigenvalue weighted by molar-refractivity contribution is 0.352. The molecule has 0 atom stereocenters. The van der Waals surface area contributed by atoms with Crippen molar-refractivity contribution in [3.63, 3.8) is 0 Å². The van der Waals surface area contributed by atoms with E-state index < -0.39 is 0 Å². The van der Waals surface area contributed by atoms with Crippen LogP contribution in [0.2, 0.25) is 0 Å². The maximum Gasteiger partial charge on any atom is 0.316 e. The van der Waals surface area contributed by atoms with Crippen LogP contribution in [0.3, 0.4) is 0 Å². The zero-order valence-corrected chi connectivity index (χ0v) is 7.49. The van der Waals surface area contributed by atoms with Crippen molar-refractivity contribution >= 4 is 39.0 Å². The fourth-order valence-electron chi connectivity index (χ4n) is 1.63. The first-order valence-electron chi connectivity index (χ1n) is 3.99. The summed E-state index contributed by atoms with van der Waals surface area (Å²) in [7, 11) is 0. The summed E-state index contributed by atoms with van der Waals surface area (Å²) < 4.78 is 0. The molecule has 1 rings (SSSR count). The molecule has 10 heavy (non-hydrogen) atoms. The zero-order valence-electron chi connectivity index (χ0n) is 5.91. The molecule has 2 heteroatoms. The van der Waals surface area contributed by atoms with Gasteiger partial charge in [-0.3, -0.25) is 0 Å². The highest BCUT2D eigenvalue weighted by atomic mass is 79.9. The number of halogens is 1. The van der Waals surface area contributed by atoms with Gasteiger partial charge in [0.15, 0.2) is 0 Å². The van der Waals surface area contributed by atoms with Gasteiger partial charge in [0.2, 0.25) is 0 Å². The van der Waals surface area contributed by atoms with Gasteiger partial charge in [0, 0.05) is 5.33 Å². The minimum Gasteiger partial charge on any atom is -0.0928 e. The third-order valence-electron chi connectivity index (χ3n) is 2.24. The highest BCUT2D eigenvalue weighted by Crippen LogP contribution is 2.26. The summed E-state index contributed by atoms with van der Waals surface area (Å²) in [6.45, 7) is 0. The normalized spacial score (nSPS) is 20.1. The molecule has 0 heterocycles. The van der Waals surface area contributed by atoms with Crippen LogP contribution in [0.15, 0.2) is 0 Å². The number of hydrogen-bond acceptors (Lipinski definition) is 0. The van der Waals surface area contributed by atoms with Gasteiger partial charge in [0.1, 0.15) is 0 Å². The lowest BCUT2D eigenvalue weighted by atomic mass is 9.88. The van der Waals surface area contributed by atoms with Crippen molar-refractivity contribution in [1.82, 2.24) is 0 Å². The molecule has 0 unspecified atom stereocenters. The molecule has 0 aromatic rings. The molecule has 1 saturated carbocycles. The van der Waals surface area contributed by atoms with Crippen LogP contribution in [0.1, 0.15) is 38.5 Å². The number of alkyl halides is 1. The summed E-state index contributed by atoms with van der Waals surface area (Å²) in [5.41, 5.74) is 0. The molecule has 0 aliphatic heterocycles. The maximum absolute atomic E-state index is 3.48. The van der Waals surface area contributed by atoms with Gasteiger partial charge in [0.05, 0.1) is 0 Å². The van der Waals surface area contributed by atoms with Crippen molar-refractivity contribution in [2.45, 2.75) is 38.5 Å². The highest BCUT2D eigenvalue weighted by Gasteiger charge is 2.11. The van der Waals surface area contributed by atoms with Crippen molar-refractivity contribution in [1.29, 1.82) is 0 Å². The second kappa shape index (κ2) is 6.93. The van der Waals surface area contributed by atoms with Crippen LogP contribution in [0.4, 0.5) is 0 Å². The van der Waals surface area contributed by atoms with Crippen molar-refractivity contribution in [3.8, 4) is 0 Å². The summed E-state index contributed by atoms with van der Waals surface area (Å²) in [5.74, 6) is 1.05. The molecule has 1 aliphatic carbocycles. The van der Waals surface area contributed by atoms with E-state index >= 15 is 0 Å². The topological polar surface area (TPSA) is 0 Å². The molecule has 0 aromatic heterocycles. The molecule has 0 radical (unpaired) electrons. The minimum atomic E-state index is 0. The fraction of sp³-hybridized carbons (Fsp3) is 1.00. The van der Waals surface area contributed by atoms with Gasteiger partial charge in [0.25, 0.3) is 0 Å². The molecule has 58 valence electrons. The standard InChI is InChI=1S/C8H15Br.Mg.2H/c9-7-6-8-4-2-1-3-5-8;;;/h8H,1-7H2;;;. The van der Waals surface area contributed by atoms with E-state index in [9.17, 15) is 0 Å². The Morgan fingerprint density at radius 1 is 1.10 bits per heavy atom. The first-order chi connectivity index (χ1) is 4.43. The Kier molecular flexibility index (Phi) is 7.79. The van der Waals surface area contributed by atoms with E-state index in [1.807, 2.05) is 0 Å². The first kappa shape index (κ1) is 11.2. The van der Waals surface area contributed by atoms with Crippen LogP contribution in [0, 0.1) is 5.92 Å². The smallest absolute Gasteiger partial charge is 0.0928 e. The summed E-state index contributed by atoms with van der Waals surface area (Å²) in [5, 5.41) is 1.21. The molecule has 0 amide bonds. The van der Waals surface area contributed by atoms with Gasteiger partial charge >= 0.3 is 23.1 Å². The molecule has 1 fully saturated rings. The predicted molar refractivity (Wildman–Crippen MR) is 53.5 cm³/mol. The van der Waals surface area contributed by atoms with Crippen molar-refractivity contribution in [2.75, 3.05) is 5.33 Å². The van der Waals surface area contributed by atoms with Crippen molar-refractivity contribution in [2.24, 2.45) is 5.92 Å². The number of hydrogen-bond donors (Lipinski definition) is 0. The number of rotatable bonds is 2. The minimum absolute atomic E-state index is 0. The summed E-state index contributed by atoms with van der Waals surface area (Å²) >= 11 is 3.48. The van der Waals surface area contributed by atoms with Crippen LogP contribution >= 0.6 is 15.9 Å². The van der Waals surface area contributed by atoms with Gasteiger partial charge in [-0.05, 0) is 12.3 Å². The lowest BCUT2D eigenvalue weighted by Gasteiger charge is -2.19. The van der Waals surface area contributed by atoms with E-state index in [-0.39, 0.29) is 23.1 Å². The van der Waals surface area contributed by atoms with Gasteiger partial charge in [-0.25, -0.2) is 0 Å². The third kappa shape index (κ3) is 4.19. The SMILES string of the molecule is BrCCC1CCCCC1.[MgH2]. The van der Waals surface area contributed by atoms with Crippen molar-refractivity contribution < 1.29 is 0 Å². The first-order valence-corrected chi connectivity index (χ1v) is 5.11. The van der Waals surface area contributed by atoms with Crippen LogP contribution in [-0.2, 0) is 0 Å².